The Kier molecular flexibility index (Phi) is 6.07. The van der Waals surface area contributed by atoms with Crippen LogP contribution in [0, 0.1) is 0 Å². The molecule has 1 aromatic rings. The smallest absolute Gasteiger partial charge is 0.409 e. The van der Waals surface area contributed by atoms with Gasteiger partial charge in [0.05, 0.1) is 6.61 Å². The number of aryl methyl sites for hydroxylation is 1. The number of halogens is 1. The van der Waals surface area contributed by atoms with Crippen LogP contribution >= 0.6 is 11.6 Å². The van der Waals surface area contributed by atoms with Crippen LogP contribution in [0.2, 0.25) is 5.02 Å². The average Bonchev–Trinajstić information content (AvgIpc) is 2.53. The lowest BCUT2D eigenvalue weighted by molar-refractivity contribution is -0.132. The zero-order valence-corrected chi connectivity index (χ0v) is 13.5. The van der Waals surface area contributed by atoms with E-state index in [0.29, 0.717) is 50.7 Å². The second-order valence-electron chi connectivity index (χ2n) is 5.20. The van der Waals surface area contributed by atoms with Crippen molar-refractivity contribution in [3.05, 3.63) is 34.9 Å². The highest BCUT2D eigenvalue weighted by molar-refractivity contribution is 6.30. The lowest BCUT2D eigenvalue weighted by Gasteiger charge is -2.34. The van der Waals surface area contributed by atoms with Crippen LogP contribution < -0.4 is 0 Å². The summed E-state index contributed by atoms with van der Waals surface area (Å²) in [6, 6.07) is 7.56. The molecule has 2 rings (SSSR count). The standard InChI is InChI=1S/C16H21ClN2O3/c1-2-22-16(21)19-10-8-18(9-11-19)15(20)7-6-13-4-3-5-14(17)12-13/h3-5,12H,2,6-11H2,1H3. The summed E-state index contributed by atoms with van der Waals surface area (Å²) >= 11 is 5.94. The monoisotopic (exact) mass is 324 g/mol. The quantitative estimate of drug-likeness (QED) is 0.855. The van der Waals surface area contributed by atoms with Crippen molar-refractivity contribution in [3.63, 3.8) is 0 Å². The van der Waals surface area contributed by atoms with Crippen LogP contribution in [0.15, 0.2) is 24.3 Å². The molecule has 120 valence electrons. The molecule has 2 amide bonds. The third kappa shape index (κ3) is 4.63. The largest absolute Gasteiger partial charge is 0.450 e. The number of piperazine rings is 1. The summed E-state index contributed by atoms with van der Waals surface area (Å²) in [5.41, 5.74) is 1.06. The summed E-state index contributed by atoms with van der Waals surface area (Å²) in [7, 11) is 0. The normalized spacial score (nSPS) is 14.8. The van der Waals surface area contributed by atoms with Crippen LogP contribution in [-0.2, 0) is 16.0 Å². The van der Waals surface area contributed by atoms with Crippen molar-refractivity contribution in [3.8, 4) is 0 Å². The first-order valence-electron chi connectivity index (χ1n) is 7.54. The molecule has 0 unspecified atom stereocenters. The Morgan fingerprint density at radius 2 is 1.86 bits per heavy atom. The van der Waals surface area contributed by atoms with Gasteiger partial charge < -0.3 is 14.5 Å². The van der Waals surface area contributed by atoms with E-state index in [4.69, 9.17) is 16.3 Å². The van der Waals surface area contributed by atoms with E-state index in [1.165, 1.54) is 0 Å². The molecule has 6 heteroatoms. The zero-order valence-electron chi connectivity index (χ0n) is 12.8. The number of ether oxygens (including phenoxy) is 1. The number of benzene rings is 1. The van der Waals surface area contributed by atoms with Crippen molar-refractivity contribution in [1.82, 2.24) is 9.80 Å². The molecule has 0 N–H and O–H groups in total. The summed E-state index contributed by atoms with van der Waals surface area (Å²) in [6.45, 7) is 4.34. The van der Waals surface area contributed by atoms with Crippen molar-refractivity contribution in [1.29, 1.82) is 0 Å². The lowest BCUT2D eigenvalue weighted by Crippen LogP contribution is -2.50. The molecule has 0 bridgehead atoms. The second kappa shape index (κ2) is 8.03. The number of amides is 2. The van der Waals surface area contributed by atoms with Gasteiger partial charge in [0.2, 0.25) is 5.91 Å². The molecule has 0 aromatic heterocycles. The van der Waals surface area contributed by atoms with Gasteiger partial charge in [0, 0.05) is 37.6 Å². The minimum Gasteiger partial charge on any atom is -0.450 e. The molecule has 1 fully saturated rings. The van der Waals surface area contributed by atoms with E-state index in [1.807, 2.05) is 24.3 Å². The average molecular weight is 325 g/mol. The second-order valence-corrected chi connectivity index (χ2v) is 5.63. The number of carbonyl (C=O) groups excluding carboxylic acids is 2. The first-order valence-corrected chi connectivity index (χ1v) is 7.92. The fourth-order valence-electron chi connectivity index (χ4n) is 2.46. The maximum atomic E-state index is 12.2. The summed E-state index contributed by atoms with van der Waals surface area (Å²) in [5.74, 6) is 0.114. The summed E-state index contributed by atoms with van der Waals surface area (Å²) in [4.78, 5) is 27.3. The molecule has 5 nitrogen and oxygen atoms in total. The highest BCUT2D eigenvalue weighted by Crippen LogP contribution is 2.13. The van der Waals surface area contributed by atoms with Crippen molar-refractivity contribution in [2.24, 2.45) is 0 Å². The first kappa shape index (κ1) is 16.6. The van der Waals surface area contributed by atoms with E-state index >= 15 is 0 Å². The van der Waals surface area contributed by atoms with Gasteiger partial charge in [-0.15, -0.1) is 0 Å². The number of rotatable bonds is 4. The number of nitrogens with zero attached hydrogens (tertiary/aromatic N) is 2. The molecule has 0 atom stereocenters. The van der Waals surface area contributed by atoms with Crippen LogP contribution in [0.25, 0.3) is 0 Å². The van der Waals surface area contributed by atoms with Gasteiger partial charge in [-0.2, -0.15) is 0 Å². The topological polar surface area (TPSA) is 49.9 Å². The van der Waals surface area contributed by atoms with Gasteiger partial charge in [-0.05, 0) is 31.0 Å². The van der Waals surface area contributed by atoms with E-state index in [1.54, 1.807) is 16.7 Å². The fraction of sp³-hybridized carbons (Fsp3) is 0.500. The van der Waals surface area contributed by atoms with Crippen molar-refractivity contribution in [2.75, 3.05) is 32.8 Å². The maximum Gasteiger partial charge on any atom is 0.409 e. The van der Waals surface area contributed by atoms with E-state index in [2.05, 4.69) is 0 Å². The maximum absolute atomic E-state index is 12.2. The van der Waals surface area contributed by atoms with Gasteiger partial charge in [0.15, 0.2) is 0 Å². The van der Waals surface area contributed by atoms with Crippen LogP contribution in [0.1, 0.15) is 18.9 Å². The third-order valence-corrected chi connectivity index (χ3v) is 3.91. The molecule has 1 aromatic carbocycles. The predicted molar refractivity (Wildman–Crippen MR) is 84.9 cm³/mol. The minimum atomic E-state index is -0.298. The van der Waals surface area contributed by atoms with Gasteiger partial charge in [0.1, 0.15) is 0 Å². The number of hydrogen-bond donors (Lipinski definition) is 0. The Labute approximate surface area is 135 Å². The molecule has 0 radical (unpaired) electrons. The van der Waals surface area contributed by atoms with Gasteiger partial charge in [-0.25, -0.2) is 4.79 Å². The van der Waals surface area contributed by atoms with Crippen LogP contribution in [0.5, 0.6) is 0 Å². The SMILES string of the molecule is CCOC(=O)N1CCN(C(=O)CCc2cccc(Cl)c2)CC1. The van der Waals surface area contributed by atoms with Crippen molar-refractivity contribution < 1.29 is 14.3 Å². The molecule has 0 aliphatic carbocycles. The molecule has 22 heavy (non-hydrogen) atoms. The first-order chi connectivity index (χ1) is 10.6. The molecule has 0 spiro atoms. The summed E-state index contributed by atoms with van der Waals surface area (Å²) < 4.78 is 4.96. The van der Waals surface area contributed by atoms with Gasteiger partial charge in [-0.3, -0.25) is 4.79 Å². The lowest BCUT2D eigenvalue weighted by atomic mass is 10.1. The fourth-order valence-corrected chi connectivity index (χ4v) is 2.67. The molecule has 1 saturated heterocycles. The molecule has 1 aliphatic rings. The number of carbonyl (C=O) groups is 2. The van der Waals surface area contributed by atoms with Gasteiger partial charge in [0.25, 0.3) is 0 Å². The molecule has 0 saturated carbocycles. The Morgan fingerprint density at radius 1 is 1.18 bits per heavy atom. The Bertz CT molecular complexity index is 528. The van der Waals surface area contributed by atoms with Gasteiger partial charge in [-0.1, -0.05) is 23.7 Å². The Morgan fingerprint density at radius 3 is 2.50 bits per heavy atom. The van der Waals surface area contributed by atoms with E-state index < -0.39 is 0 Å². The highest BCUT2D eigenvalue weighted by atomic mass is 35.5. The van der Waals surface area contributed by atoms with Crippen LogP contribution in [-0.4, -0.2) is 54.6 Å². The summed E-state index contributed by atoms with van der Waals surface area (Å²) in [6.07, 6.45) is 0.838. The van der Waals surface area contributed by atoms with Crippen molar-refractivity contribution >= 4 is 23.6 Å². The van der Waals surface area contributed by atoms with E-state index in [-0.39, 0.29) is 12.0 Å². The van der Waals surface area contributed by atoms with E-state index in [0.717, 1.165) is 5.56 Å². The highest BCUT2D eigenvalue weighted by Gasteiger charge is 2.24. The molecular formula is C16H21ClN2O3. The Balaban J connectivity index is 1.76. The zero-order chi connectivity index (χ0) is 15.9. The predicted octanol–water partition coefficient (Wildman–Crippen LogP) is 2.57. The Hall–Kier alpha value is -1.75. The van der Waals surface area contributed by atoms with Gasteiger partial charge >= 0.3 is 6.09 Å². The molecule has 1 aliphatic heterocycles. The third-order valence-electron chi connectivity index (χ3n) is 3.67. The van der Waals surface area contributed by atoms with Crippen LogP contribution in [0.3, 0.4) is 0 Å². The summed E-state index contributed by atoms with van der Waals surface area (Å²) in [5, 5.41) is 0.688. The molecule has 1 heterocycles. The van der Waals surface area contributed by atoms with E-state index in [9.17, 15) is 9.59 Å². The number of hydrogen-bond acceptors (Lipinski definition) is 3. The molecular weight excluding hydrogens is 304 g/mol. The minimum absolute atomic E-state index is 0.114. The van der Waals surface area contributed by atoms with Crippen molar-refractivity contribution in [2.45, 2.75) is 19.8 Å². The van der Waals surface area contributed by atoms with Crippen LogP contribution in [0.4, 0.5) is 4.79 Å².